The molecule has 2 amide bonds. The van der Waals surface area contributed by atoms with Crippen molar-refractivity contribution in [3.63, 3.8) is 0 Å². The monoisotopic (exact) mass is 617 g/mol. The number of hydrogen-bond acceptors (Lipinski definition) is 6. The Morgan fingerprint density at radius 1 is 1.07 bits per heavy atom. The SMILES string of the molecule is CC(=O)[N+]1(S(=O)(=O)c2ccc(F)cc2)c2ccc(C(=O)Nc3cc(Cl)cnc3Cl)cc2C2(CCNCC2)C1C1CC1. The van der Waals surface area contributed by atoms with Crippen LogP contribution in [0.4, 0.5) is 15.8 Å². The second-order valence-electron chi connectivity index (χ2n) is 11.0. The zero-order chi connectivity index (χ0) is 29.2. The van der Waals surface area contributed by atoms with Gasteiger partial charge in [0.15, 0.2) is 10.8 Å². The lowest BCUT2D eigenvalue weighted by molar-refractivity contribution is -0.126. The molecule has 8 nitrogen and oxygen atoms in total. The number of fused-ring (bicyclic) bond motifs is 2. The first-order valence-electron chi connectivity index (χ1n) is 13.4. The summed E-state index contributed by atoms with van der Waals surface area (Å²) in [6.45, 7) is 2.59. The number of carbonyl (C=O) groups is 2. The number of hydrogen-bond donors (Lipinski definition) is 2. The molecule has 6 rings (SSSR count). The summed E-state index contributed by atoms with van der Waals surface area (Å²) in [5.41, 5.74) is 0.880. The molecule has 1 saturated carbocycles. The lowest BCUT2D eigenvalue weighted by Gasteiger charge is -2.43. The molecule has 41 heavy (non-hydrogen) atoms. The first-order valence-corrected chi connectivity index (χ1v) is 15.6. The average molecular weight is 619 g/mol. The quantitative estimate of drug-likeness (QED) is 0.292. The van der Waals surface area contributed by atoms with E-state index in [1.807, 2.05) is 0 Å². The Morgan fingerprint density at radius 2 is 1.76 bits per heavy atom. The van der Waals surface area contributed by atoms with Gasteiger partial charge in [-0.2, -0.15) is 8.42 Å². The van der Waals surface area contributed by atoms with E-state index >= 15 is 0 Å². The number of pyridine rings is 1. The highest BCUT2D eigenvalue weighted by Crippen LogP contribution is 2.62. The highest BCUT2D eigenvalue weighted by Gasteiger charge is 2.73. The summed E-state index contributed by atoms with van der Waals surface area (Å²) in [4.78, 5) is 31.2. The maximum absolute atomic E-state index is 14.7. The highest BCUT2D eigenvalue weighted by molar-refractivity contribution is 7.91. The van der Waals surface area contributed by atoms with Gasteiger partial charge in [-0.3, -0.25) is 4.79 Å². The van der Waals surface area contributed by atoms with Crippen molar-refractivity contribution in [3.8, 4) is 0 Å². The molecule has 3 heterocycles. The Labute approximate surface area is 247 Å². The number of halogens is 3. The fourth-order valence-corrected chi connectivity index (χ4v) is 9.46. The van der Waals surface area contributed by atoms with Gasteiger partial charge in [-0.05, 0) is 81.2 Å². The van der Waals surface area contributed by atoms with Crippen molar-refractivity contribution in [3.05, 3.63) is 81.8 Å². The number of carbonyl (C=O) groups excluding carboxylic acids is 2. The number of aromatic nitrogens is 1. The third-order valence-corrected chi connectivity index (χ3v) is 11.5. The van der Waals surface area contributed by atoms with Crippen LogP contribution < -0.4 is 14.5 Å². The van der Waals surface area contributed by atoms with E-state index in [9.17, 15) is 22.4 Å². The summed E-state index contributed by atoms with van der Waals surface area (Å²) >= 11 is 12.2. The van der Waals surface area contributed by atoms with Gasteiger partial charge in [0.1, 0.15) is 16.8 Å². The van der Waals surface area contributed by atoms with Gasteiger partial charge in [-0.25, -0.2) is 14.2 Å². The Balaban J connectivity index is 1.56. The fraction of sp³-hybridized carbons (Fsp3) is 0.345. The Kier molecular flexibility index (Phi) is 6.98. The number of anilines is 1. The number of nitrogens with one attached hydrogen (secondary N) is 2. The highest BCUT2D eigenvalue weighted by atomic mass is 35.5. The van der Waals surface area contributed by atoms with Crippen molar-refractivity contribution in [1.82, 2.24) is 14.2 Å². The van der Waals surface area contributed by atoms with Crippen LogP contribution in [0.5, 0.6) is 0 Å². The van der Waals surface area contributed by atoms with Crippen molar-refractivity contribution in [2.45, 2.75) is 49.0 Å². The van der Waals surface area contributed by atoms with E-state index in [1.165, 1.54) is 37.4 Å². The largest absolute Gasteiger partial charge is 0.339 e. The molecule has 1 aliphatic carbocycles. The van der Waals surface area contributed by atoms with Gasteiger partial charge in [0.05, 0.1) is 23.0 Å². The predicted octanol–water partition coefficient (Wildman–Crippen LogP) is 5.44. The molecule has 0 radical (unpaired) electrons. The molecule has 2 fully saturated rings. The predicted molar refractivity (Wildman–Crippen MR) is 155 cm³/mol. The van der Waals surface area contributed by atoms with Crippen LogP contribution in [-0.4, -0.2) is 44.3 Å². The fourth-order valence-electron chi connectivity index (χ4n) is 6.91. The Hall–Kier alpha value is -2.89. The molecule has 3 aliphatic rings. The number of benzene rings is 2. The van der Waals surface area contributed by atoms with Crippen LogP contribution in [0.3, 0.4) is 0 Å². The van der Waals surface area contributed by atoms with E-state index in [2.05, 4.69) is 15.6 Å². The zero-order valence-corrected chi connectivity index (χ0v) is 24.5. The molecule has 1 aromatic heterocycles. The van der Waals surface area contributed by atoms with Crippen molar-refractivity contribution in [2.75, 3.05) is 18.4 Å². The van der Waals surface area contributed by atoms with Crippen LogP contribution in [0.2, 0.25) is 10.2 Å². The summed E-state index contributed by atoms with van der Waals surface area (Å²) in [5.74, 6) is -1.58. The van der Waals surface area contributed by atoms with Gasteiger partial charge >= 0.3 is 15.9 Å². The number of quaternary nitrogens is 1. The maximum atomic E-state index is 14.7. The van der Waals surface area contributed by atoms with E-state index < -0.39 is 43.0 Å². The first kappa shape index (κ1) is 28.2. The minimum atomic E-state index is -4.39. The summed E-state index contributed by atoms with van der Waals surface area (Å²) in [7, 11) is -4.39. The Bertz CT molecular complexity index is 1670. The number of piperidine rings is 1. The van der Waals surface area contributed by atoms with Crippen molar-refractivity contribution >= 4 is 56.4 Å². The lowest BCUT2D eigenvalue weighted by Crippen LogP contribution is -2.67. The van der Waals surface area contributed by atoms with E-state index in [-0.39, 0.29) is 27.2 Å². The number of sulfonamides is 1. The first-order chi connectivity index (χ1) is 19.5. The molecular formula is C29H28Cl2FN4O4S+. The maximum Gasteiger partial charge on any atom is 0.339 e. The second kappa shape index (κ2) is 10.1. The topological polar surface area (TPSA) is 105 Å². The summed E-state index contributed by atoms with van der Waals surface area (Å²) in [6, 6.07) is 10.4. The molecule has 1 spiro atoms. The molecule has 2 aliphatic heterocycles. The lowest BCUT2D eigenvalue weighted by atomic mass is 9.68. The Morgan fingerprint density at radius 3 is 2.39 bits per heavy atom. The van der Waals surface area contributed by atoms with E-state index in [0.29, 0.717) is 42.2 Å². The van der Waals surface area contributed by atoms with Crippen LogP contribution >= 0.6 is 23.2 Å². The van der Waals surface area contributed by atoms with Crippen molar-refractivity contribution in [2.24, 2.45) is 5.92 Å². The van der Waals surface area contributed by atoms with E-state index in [0.717, 1.165) is 25.0 Å². The summed E-state index contributed by atoms with van der Waals surface area (Å²) < 4.78 is 42.3. The van der Waals surface area contributed by atoms with Crippen LogP contribution in [0.1, 0.15) is 48.5 Å². The smallest absolute Gasteiger partial charge is 0.319 e. The van der Waals surface area contributed by atoms with Gasteiger partial charge in [0.2, 0.25) is 0 Å². The van der Waals surface area contributed by atoms with Crippen LogP contribution in [-0.2, 0) is 20.2 Å². The van der Waals surface area contributed by atoms with Gasteiger partial charge in [0, 0.05) is 29.3 Å². The van der Waals surface area contributed by atoms with Crippen molar-refractivity contribution in [1.29, 1.82) is 0 Å². The van der Waals surface area contributed by atoms with E-state index in [4.69, 9.17) is 23.2 Å². The molecule has 0 bridgehead atoms. The number of rotatable bonds is 5. The van der Waals surface area contributed by atoms with Crippen LogP contribution in [0.15, 0.2) is 59.6 Å². The van der Waals surface area contributed by atoms with Crippen LogP contribution in [0.25, 0.3) is 0 Å². The number of amides is 2. The minimum Gasteiger partial charge on any atom is -0.319 e. The molecule has 2 N–H and O–H groups in total. The second-order valence-corrected chi connectivity index (χ2v) is 13.8. The summed E-state index contributed by atoms with van der Waals surface area (Å²) in [6.07, 6.45) is 4.17. The normalized spacial score (nSPS) is 23.3. The minimum absolute atomic E-state index is 0.00626. The van der Waals surface area contributed by atoms with Gasteiger partial charge in [-0.15, -0.1) is 3.89 Å². The molecular weight excluding hydrogens is 590 g/mol. The molecule has 3 aromatic rings. The molecule has 2 atom stereocenters. The standard InChI is InChI=1S/C29H27Cl2FN4O4S/c1-17(37)36(41(39,40)22-7-5-21(32)6-8-22)25-9-4-19(28(38)35-24-15-20(30)16-34-27(24)31)14-23(25)29(10-12-33-13-11-29)26(36)18-2-3-18/h4-9,14-16,18,26,33H,2-3,10-13H2,1H3/p+1. The summed E-state index contributed by atoms with van der Waals surface area (Å²) in [5, 5.41) is 6.48. The molecule has 2 unspecified atom stereocenters. The molecule has 214 valence electrons. The van der Waals surface area contributed by atoms with Gasteiger partial charge < -0.3 is 10.6 Å². The molecule has 12 heteroatoms. The third-order valence-electron chi connectivity index (χ3n) is 8.69. The average Bonchev–Trinajstić information content (AvgIpc) is 3.75. The van der Waals surface area contributed by atoms with Crippen LogP contribution in [0, 0.1) is 11.7 Å². The molecule has 1 saturated heterocycles. The zero-order valence-electron chi connectivity index (χ0n) is 22.2. The molecule has 2 aromatic carbocycles. The van der Waals surface area contributed by atoms with Gasteiger partial charge in [-0.1, -0.05) is 23.2 Å². The third kappa shape index (κ3) is 4.30. The van der Waals surface area contributed by atoms with E-state index in [1.54, 1.807) is 12.1 Å². The number of nitrogens with zero attached hydrogens (tertiary/aromatic N) is 2. The van der Waals surface area contributed by atoms with Gasteiger partial charge in [0.25, 0.3) is 5.91 Å². The van der Waals surface area contributed by atoms with Crippen molar-refractivity contribution < 1.29 is 22.4 Å².